The van der Waals surface area contributed by atoms with Gasteiger partial charge >= 0.3 is 5.97 Å². The molecule has 1 N–H and O–H groups in total. The number of benzene rings is 2. The summed E-state index contributed by atoms with van der Waals surface area (Å²) in [6.45, 7) is 1.88. The molecule has 4 nitrogen and oxygen atoms in total. The molecule has 0 aliphatic rings. The van der Waals surface area contributed by atoms with E-state index in [1.165, 1.54) is 6.07 Å². The van der Waals surface area contributed by atoms with Crippen molar-refractivity contribution in [2.24, 2.45) is 0 Å². The summed E-state index contributed by atoms with van der Waals surface area (Å²) in [6.07, 6.45) is -1.51. The normalized spacial score (nSPS) is 11.8. The Labute approximate surface area is 128 Å². The van der Waals surface area contributed by atoms with Crippen LogP contribution in [0.3, 0.4) is 0 Å². The summed E-state index contributed by atoms with van der Waals surface area (Å²) in [6, 6.07) is 12.0. The van der Waals surface area contributed by atoms with E-state index in [4.69, 9.17) is 4.74 Å². The number of ether oxygens (including phenoxy) is 2. The van der Waals surface area contributed by atoms with Crippen molar-refractivity contribution in [2.45, 2.75) is 19.6 Å². The number of carbonyl (C=O) groups excluding carboxylic acids is 1. The predicted molar refractivity (Wildman–Crippen MR) is 78.9 cm³/mol. The molecule has 2 rings (SSSR count). The van der Waals surface area contributed by atoms with E-state index in [2.05, 4.69) is 4.74 Å². The lowest BCUT2D eigenvalue weighted by Gasteiger charge is -2.14. The van der Waals surface area contributed by atoms with Crippen molar-refractivity contribution in [3.8, 4) is 5.75 Å². The van der Waals surface area contributed by atoms with Gasteiger partial charge in [-0.15, -0.1) is 0 Å². The van der Waals surface area contributed by atoms with Crippen molar-refractivity contribution < 1.29 is 23.8 Å². The second-order valence-corrected chi connectivity index (χ2v) is 4.85. The Kier molecular flexibility index (Phi) is 5.12. The first-order valence-corrected chi connectivity index (χ1v) is 6.75. The fraction of sp³-hybridized carbons (Fsp3) is 0.235. The van der Waals surface area contributed by atoms with Crippen LogP contribution in [0.4, 0.5) is 4.39 Å². The van der Waals surface area contributed by atoms with E-state index in [0.29, 0.717) is 5.56 Å². The van der Waals surface area contributed by atoms with Crippen molar-refractivity contribution in [2.75, 3.05) is 7.11 Å². The van der Waals surface area contributed by atoms with Gasteiger partial charge in [-0.25, -0.2) is 9.18 Å². The van der Waals surface area contributed by atoms with Crippen LogP contribution in [0.15, 0.2) is 42.5 Å². The van der Waals surface area contributed by atoms with Gasteiger partial charge in [0.2, 0.25) is 0 Å². The Morgan fingerprint density at radius 3 is 2.55 bits per heavy atom. The van der Waals surface area contributed by atoms with Gasteiger partial charge in [0.05, 0.1) is 7.11 Å². The van der Waals surface area contributed by atoms with E-state index in [-0.39, 0.29) is 17.9 Å². The third kappa shape index (κ3) is 3.62. The number of halogens is 1. The Bertz CT molecular complexity index is 632. The van der Waals surface area contributed by atoms with E-state index in [1.54, 1.807) is 6.92 Å². The fourth-order valence-electron chi connectivity index (χ4n) is 2.08. The van der Waals surface area contributed by atoms with Crippen molar-refractivity contribution >= 4 is 5.97 Å². The first kappa shape index (κ1) is 16.0. The highest BCUT2D eigenvalue weighted by Crippen LogP contribution is 2.28. The first-order valence-electron chi connectivity index (χ1n) is 6.75. The number of esters is 1. The van der Waals surface area contributed by atoms with Crippen LogP contribution in [0.1, 0.15) is 22.8 Å². The third-order valence-electron chi connectivity index (χ3n) is 3.22. The molecule has 0 saturated heterocycles. The molecular weight excluding hydrogens is 287 g/mol. The number of rotatable bonds is 5. The maximum Gasteiger partial charge on any atom is 0.339 e. The van der Waals surface area contributed by atoms with E-state index in [9.17, 15) is 14.3 Å². The lowest BCUT2D eigenvalue weighted by atomic mass is 10.1. The molecule has 0 spiro atoms. The average Bonchev–Trinajstić information content (AvgIpc) is 2.53. The van der Waals surface area contributed by atoms with Crippen LogP contribution in [-0.2, 0) is 16.1 Å². The van der Waals surface area contributed by atoms with Crippen LogP contribution in [0.25, 0.3) is 0 Å². The zero-order valence-electron chi connectivity index (χ0n) is 12.4. The number of hydrogen-bond acceptors (Lipinski definition) is 4. The SMILES string of the molecule is COC(=O)C(O)c1cc(C)c(OCc2ccccc2)c(F)c1. The Balaban J connectivity index is 2.18. The lowest BCUT2D eigenvalue weighted by Crippen LogP contribution is -2.14. The van der Waals surface area contributed by atoms with Crippen LogP contribution in [0.2, 0.25) is 0 Å². The van der Waals surface area contributed by atoms with Crippen LogP contribution in [-0.4, -0.2) is 18.2 Å². The minimum absolute atomic E-state index is 0.102. The molecule has 5 heteroatoms. The van der Waals surface area contributed by atoms with Gasteiger partial charge in [-0.3, -0.25) is 0 Å². The van der Waals surface area contributed by atoms with Gasteiger partial charge in [0.25, 0.3) is 0 Å². The summed E-state index contributed by atoms with van der Waals surface area (Å²) in [7, 11) is 1.16. The van der Waals surface area contributed by atoms with Gasteiger partial charge in [-0.1, -0.05) is 30.3 Å². The Morgan fingerprint density at radius 1 is 1.27 bits per heavy atom. The van der Waals surface area contributed by atoms with E-state index < -0.39 is 17.9 Å². The van der Waals surface area contributed by atoms with E-state index >= 15 is 0 Å². The number of carbonyl (C=O) groups is 1. The quantitative estimate of drug-likeness (QED) is 0.863. The summed E-state index contributed by atoms with van der Waals surface area (Å²) in [5.41, 5.74) is 1.54. The molecule has 2 aromatic carbocycles. The molecule has 0 aromatic heterocycles. The van der Waals surface area contributed by atoms with Crippen LogP contribution < -0.4 is 4.74 Å². The summed E-state index contributed by atoms with van der Waals surface area (Å²) < 4.78 is 24.1. The van der Waals surface area contributed by atoms with Crippen LogP contribution >= 0.6 is 0 Å². The standard InChI is InChI=1S/C17H17FO4/c1-11-8-13(15(19)17(20)21-2)9-14(18)16(11)22-10-12-6-4-3-5-7-12/h3-9,15,19H,10H2,1-2H3. The molecule has 0 heterocycles. The summed E-state index contributed by atoms with van der Waals surface area (Å²) in [5.74, 6) is -1.37. The second-order valence-electron chi connectivity index (χ2n) is 4.85. The summed E-state index contributed by atoms with van der Waals surface area (Å²) in [5, 5.41) is 9.75. The first-order chi connectivity index (χ1) is 10.5. The van der Waals surface area contributed by atoms with Crippen molar-refractivity contribution in [3.05, 3.63) is 65.0 Å². The molecular formula is C17H17FO4. The third-order valence-corrected chi connectivity index (χ3v) is 3.22. The number of aryl methyl sites for hydroxylation is 1. The minimum Gasteiger partial charge on any atom is -0.486 e. The topological polar surface area (TPSA) is 55.8 Å². The number of hydrogen-bond donors (Lipinski definition) is 1. The molecule has 0 saturated carbocycles. The molecule has 1 atom stereocenters. The molecule has 22 heavy (non-hydrogen) atoms. The fourth-order valence-corrected chi connectivity index (χ4v) is 2.08. The number of aliphatic hydroxyl groups excluding tert-OH is 1. The zero-order valence-corrected chi connectivity index (χ0v) is 12.4. The monoisotopic (exact) mass is 304 g/mol. The number of aliphatic hydroxyl groups is 1. The molecule has 1 unspecified atom stereocenters. The molecule has 0 amide bonds. The molecule has 0 aliphatic heterocycles. The highest BCUT2D eigenvalue weighted by atomic mass is 19.1. The minimum atomic E-state index is -1.51. The van der Waals surface area contributed by atoms with Gasteiger partial charge in [0.1, 0.15) is 6.61 Å². The van der Waals surface area contributed by atoms with Gasteiger partial charge in [0.15, 0.2) is 17.7 Å². The summed E-state index contributed by atoms with van der Waals surface area (Å²) in [4.78, 5) is 11.3. The Hall–Kier alpha value is -2.40. The molecule has 2 aromatic rings. The predicted octanol–water partition coefficient (Wildman–Crippen LogP) is 2.92. The van der Waals surface area contributed by atoms with Gasteiger partial charge < -0.3 is 14.6 Å². The van der Waals surface area contributed by atoms with Crippen molar-refractivity contribution in [3.63, 3.8) is 0 Å². The van der Waals surface area contributed by atoms with Crippen molar-refractivity contribution in [1.82, 2.24) is 0 Å². The largest absolute Gasteiger partial charge is 0.486 e. The lowest BCUT2D eigenvalue weighted by molar-refractivity contribution is -0.150. The van der Waals surface area contributed by atoms with Crippen LogP contribution in [0.5, 0.6) is 5.75 Å². The van der Waals surface area contributed by atoms with Crippen LogP contribution in [0, 0.1) is 12.7 Å². The molecule has 116 valence electrons. The Morgan fingerprint density at radius 2 is 1.95 bits per heavy atom. The average molecular weight is 304 g/mol. The maximum absolute atomic E-state index is 14.2. The van der Waals surface area contributed by atoms with Gasteiger partial charge in [-0.2, -0.15) is 0 Å². The molecule has 0 aliphatic carbocycles. The highest BCUT2D eigenvalue weighted by molar-refractivity contribution is 5.76. The maximum atomic E-state index is 14.2. The second kappa shape index (κ2) is 7.04. The number of methoxy groups -OCH3 is 1. The molecule has 0 radical (unpaired) electrons. The molecule has 0 bridgehead atoms. The smallest absolute Gasteiger partial charge is 0.339 e. The summed E-state index contributed by atoms with van der Waals surface area (Å²) >= 11 is 0. The van der Waals surface area contributed by atoms with E-state index in [0.717, 1.165) is 18.7 Å². The van der Waals surface area contributed by atoms with Gasteiger partial charge in [0, 0.05) is 0 Å². The van der Waals surface area contributed by atoms with E-state index in [1.807, 2.05) is 30.3 Å². The van der Waals surface area contributed by atoms with Gasteiger partial charge in [-0.05, 0) is 35.7 Å². The zero-order chi connectivity index (χ0) is 16.1. The highest BCUT2D eigenvalue weighted by Gasteiger charge is 2.21. The van der Waals surface area contributed by atoms with Crippen molar-refractivity contribution in [1.29, 1.82) is 0 Å². The molecule has 0 fully saturated rings.